The maximum absolute atomic E-state index is 12.3. The van der Waals surface area contributed by atoms with Crippen LogP contribution in [0.15, 0.2) is 28.7 Å². The lowest BCUT2D eigenvalue weighted by Gasteiger charge is -2.30. The van der Waals surface area contributed by atoms with E-state index in [4.69, 9.17) is 9.52 Å². The first-order valence-corrected chi connectivity index (χ1v) is 8.65. The Hall–Kier alpha value is -2.57. The summed E-state index contributed by atoms with van der Waals surface area (Å²) in [6, 6.07) is 8.13. The fourth-order valence-electron chi connectivity index (χ4n) is 3.10. The number of rotatable bonds is 6. The third-order valence-electron chi connectivity index (χ3n) is 4.60. The zero-order chi connectivity index (χ0) is 17.8. The van der Waals surface area contributed by atoms with Crippen LogP contribution in [0.25, 0.3) is 11.1 Å². The number of nitrogens with zero attached hydrogens (tertiary/aromatic N) is 2. The number of benzene rings is 1. The lowest BCUT2D eigenvalue weighted by Crippen LogP contribution is -2.43. The molecule has 1 fully saturated rings. The number of hydrogen-bond acceptors (Lipinski definition) is 5. The molecule has 1 unspecified atom stereocenters. The molecule has 1 atom stereocenters. The van der Waals surface area contributed by atoms with Crippen molar-refractivity contribution < 1.29 is 19.1 Å². The van der Waals surface area contributed by atoms with Crippen molar-refractivity contribution in [3.05, 3.63) is 24.3 Å². The Morgan fingerprint density at radius 2 is 2.08 bits per heavy atom. The van der Waals surface area contributed by atoms with Crippen LogP contribution in [0.3, 0.4) is 0 Å². The average molecular weight is 345 g/mol. The molecule has 0 bridgehead atoms. The number of hydrogen-bond donors (Lipinski definition) is 2. The molecular weight excluding hydrogens is 322 g/mol. The van der Waals surface area contributed by atoms with E-state index in [2.05, 4.69) is 15.2 Å². The molecule has 1 aromatic heterocycles. The zero-order valence-electron chi connectivity index (χ0n) is 14.3. The molecular formula is C18H23N3O4. The summed E-state index contributed by atoms with van der Waals surface area (Å²) < 4.78 is 5.78. The van der Waals surface area contributed by atoms with Gasteiger partial charge in [0.05, 0.1) is 0 Å². The molecule has 2 heterocycles. The molecule has 25 heavy (non-hydrogen) atoms. The van der Waals surface area contributed by atoms with E-state index in [1.54, 1.807) is 0 Å². The third-order valence-corrected chi connectivity index (χ3v) is 4.60. The second-order valence-corrected chi connectivity index (χ2v) is 6.57. The molecule has 0 spiro atoms. The van der Waals surface area contributed by atoms with Crippen LogP contribution in [-0.4, -0.2) is 41.1 Å². The van der Waals surface area contributed by atoms with Crippen LogP contribution in [0.4, 0.5) is 6.01 Å². The van der Waals surface area contributed by atoms with Crippen LogP contribution in [-0.2, 0) is 9.59 Å². The van der Waals surface area contributed by atoms with Gasteiger partial charge in [-0.15, -0.1) is 0 Å². The molecule has 1 aliphatic rings. The van der Waals surface area contributed by atoms with Crippen LogP contribution < -0.4 is 10.2 Å². The van der Waals surface area contributed by atoms with Gasteiger partial charge >= 0.3 is 5.97 Å². The standard InChI is InChI=1S/C18H23N3O4/c1-12(6-7-16(22)23)19-17(24)13-8-10-21(11-9-13)18-20-14-4-2-3-5-15(14)25-18/h2-5,12-13H,6-11H2,1H3,(H,19,24)(H,22,23). The van der Waals surface area contributed by atoms with Crippen molar-refractivity contribution in [2.24, 2.45) is 5.92 Å². The second kappa shape index (κ2) is 7.55. The van der Waals surface area contributed by atoms with Crippen LogP contribution >= 0.6 is 0 Å². The summed E-state index contributed by atoms with van der Waals surface area (Å²) in [6.07, 6.45) is 1.98. The van der Waals surface area contributed by atoms with Crippen LogP contribution in [0, 0.1) is 5.92 Å². The Balaban J connectivity index is 1.51. The van der Waals surface area contributed by atoms with Crippen molar-refractivity contribution in [1.29, 1.82) is 0 Å². The van der Waals surface area contributed by atoms with E-state index in [-0.39, 0.29) is 24.3 Å². The van der Waals surface area contributed by atoms with Crippen molar-refractivity contribution in [1.82, 2.24) is 10.3 Å². The molecule has 7 nitrogen and oxygen atoms in total. The summed E-state index contributed by atoms with van der Waals surface area (Å²) in [5, 5.41) is 11.6. The number of oxazole rings is 1. The van der Waals surface area contributed by atoms with Gasteiger partial charge in [0, 0.05) is 31.5 Å². The normalized spacial score (nSPS) is 16.8. The van der Waals surface area contributed by atoms with Crippen LogP contribution in [0.1, 0.15) is 32.6 Å². The van der Waals surface area contributed by atoms with E-state index in [0.717, 1.165) is 23.9 Å². The second-order valence-electron chi connectivity index (χ2n) is 6.57. The number of carbonyl (C=O) groups excluding carboxylic acids is 1. The summed E-state index contributed by atoms with van der Waals surface area (Å²) in [5.41, 5.74) is 1.61. The first kappa shape index (κ1) is 17.3. The van der Waals surface area contributed by atoms with Crippen molar-refractivity contribution in [3.63, 3.8) is 0 Å². The molecule has 0 aliphatic carbocycles. The Kier molecular flexibility index (Phi) is 5.21. The lowest BCUT2D eigenvalue weighted by molar-refractivity contribution is -0.137. The van der Waals surface area contributed by atoms with Gasteiger partial charge in [0.25, 0.3) is 6.01 Å². The molecule has 2 N–H and O–H groups in total. The number of carboxylic acids is 1. The van der Waals surface area contributed by atoms with Gasteiger partial charge < -0.3 is 19.7 Å². The Bertz CT molecular complexity index is 717. The zero-order valence-corrected chi connectivity index (χ0v) is 14.3. The minimum atomic E-state index is -0.840. The first-order valence-electron chi connectivity index (χ1n) is 8.65. The highest BCUT2D eigenvalue weighted by Gasteiger charge is 2.27. The predicted octanol–water partition coefficient (Wildman–Crippen LogP) is 2.41. The van der Waals surface area contributed by atoms with Crippen molar-refractivity contribution in [3.8, 4) is 0 Å². The van der Waals surface area contributed by atoms with Gasteiger partial charge in [-0.3, -0.25) is 9.59 Å². The van der Waals surface area contributed by atoms with Crippen LogP contribution in [0.5, 0.6) is 0 Å². The summed E-state index contributed by atoms with van der Waals surface area (Å²) >= 11 is 0. The number of carbonyl (C=O) groups is 2. The van der Waals surface area contributed by atoms with E-state index >= 15 is 0 Å². The number of amides is 1. The third kappa shape index (κ3) is 4.29. The molecule has 1 aliphatic heterocycles. The van der Waals surface area contributed by atoms with Crippen molar-refractivity contribution in [2.75, 3.05) is 18.0 Å². The molecule has 1 aromatic carbocycles. The van der Waals surface area contributed by atoms with Crippen molar-refractivity contribution in [2.45, 2.75) is 38.6 Å². The number of carboxylic acid groups (broad SMARTS) is 1. The van der Waals surface area contributed by atoms with Gasteiger partial charge in [0.15, 0.2) is 5.58 Å². The van der Waals surface area contributed by atoms with Gasteiger partial charge in [-0.2, -0.15) is 4.98 Å². The number of piperidine rings is 1. The molecule has 2 aromatic rings. The smallest absolute Gasteiger partial charge is 0.303 e. The van der Waals surface area contributed by atoms with E-state index in [1.807, 2.05) is 31.2 Å². The predicted molar refractivity (Wildman–Crippen MR) is 93.4 cm³/mol. The van der Waals surface area contributed by atoms with Crippen molar-refractivity contribution >= 4 is 29.0 Å². The molecule has 1 saturated heterocycles. The van der Waals surface area contributed by atoms with Gasteiger partial charge in [0.1, 0.15) is 5.52 Å². The minimum Gasteiger partial charge on any atom is -0.481 e. The van der Waals surface area contributed by atoms with E-state index in [9.17, 15) is 9.59 Å². The highest BCUT2D eigenvalue weighted by Crippen LogP contribution is 2.26. The largest absolute Gasteiger partial charge is 0.481 e. The number of anilines is 1. The minimum absolute atomic E-state index is 0.00936. The molecule has 0 radical (unpaired) electrons. The summed E-state index contributed by atoms with van der Waals surface area (Å²) in [7, 11) is 0. The summed E-state index contributed by atoms with van der Waals surface area (Å²) in [5.74, 6) is -0.879. The Labute approximate surface area is 146 Å². The number of aromatic nitrogens is 1. The molecule has 7 heteroatoms. The van der Waals surface area contributed by atoms with Gasteiger partial charge in [-0.1, -0.05) is 12.1 Å². The molecule has 134 valence electrons. The van der Waals surface area contributed by atoms with E-state index < -0.39 is 5.97 Å². The average Bonchev–Trinajstić information content (AvgIpc) is 3.04. The lowest BCUT2D eigenvalue weighted by atomic mass is 9.95. The SMILES string of the molecule is CC(CCC(=O)O)NC(=O)C1CCN(c2nc3ccccc3o2)CC1. The monoisotopic (exact) mass is 345 g/mol. The van der Waals surface area contributed by atoms with Gasteiger partial charge in [-0.25, -0.2) is 0 Å². The molecule has 1 amide bonds. The maximum atomic E-state index is 12.3. The van der Waals surface area contributed by atoms with Gasteiger partial charge in [0.2, 0.25) is 5.91 Å². The van der Waals surface area contributed by atoms with Gasteiger partial charge in [-0.05, 0) is 38.3 Å². The van der Waals surface area contributed by atoms with Crippen LogP contribution in [0.2, 0.25) is 0 Å². The first-order chi connectivity index (χ1) is 12.0. The summed E-state index contributed by atoms with van der Waals surface area (Å²) in [4.78, 5) is 29.5. The quantitative estimate of drug-likeness (QED) is 0.835. The Morgan fingerprint density at radius 3 is 2.76 bits per heavy atom. The molecule has 3 rings (SSSR count). The fourth-order valence-corrected chi connectivity index (χ4v) is 3.10. The van der Waals surface area contributed by atoms with E-state index in [1.165, 1.54) is 0 Å². The van der Waals surface area contributed by atoms with E-state index in [0.29, 0.717) is 25.5 Å². The number of aliphatic carboxylic acids is 1. The number of para-hydroxylation sites is 2. The summed E-state index contributed by atoms with van der Waals surface area (Å²) in [6.45, 7) is 3.27. The molecule has 0 saturated carbocycles. The fraction of sp³-hybridized carbons (Fsp3) is 0.500. The topological polar surface area (TPSA) is 95.7 Å². The highest BCUT2D eigenvalue weighted by molar-refractivity contribution is 5.79. The highest BCUT2D eigenvalue weighted by atomic mass is 16.4. The number of fused-ring (bicyclic) bond motifs is 1. The Morgan fingerprint density at radius 1 is 1.36 bits per heavy atom. The maximum Gasteiger partial charge on any atom is 0.303 e. The number of nitrogens with one attached hydrogen (secondary N) is 1.